The van der Waals surface area contributed by atoms with Gasteiger partial charge in [-0.2, -0.15) is 0 Å². The molecule has 0 aromatic heterocycles. The highest BCUT2D eigenvalue weighted by Crippen LogP contribution is 2.08. The van der Waals surface area contributed by atoms with E-state index in [-0.39, 0.29) is 36.8 Å². The molecule has 2 N–H and O–H groups in total. The van der Waals surface area contributed by atoms with Crippen LogP contribution in [0.5, 0.6) is 0 Å². The summed E-state index contributed by atoms with van der Waals surface area (Å²) in [6.45, 7) is 5.45. The third-order valence-corrected chi connectivity index (χ3v) is 3.78. The molecule has 0 aromatic carbocycles. The molecule has 0 radical (unpaired) electrons. The number of hydrogen-bond acceptors (Lipinski definition) is 3. The summed E-state index contributed by atoms with van der Waals surface area (Å²) < 4.78 is 0. The van der Waals surface area contributed by atoms with E-state index in [4.69, 9.17) is 0 Å². The number of carbonyl (C=O) groups is 1. The molecule has 2 heterocycles. The van der Waals surface area contributed by atoms with E-state index in [1.54, 1.807) is 0 Å². The van der Waals surface area contributed by atoms with Crippen molar-refractivity contribution in [3.05, 3.63) is 0 Å². The molecule has 2 saturated heterocycles. The van der Waals surface area contributed by atoms with Gasteiger partial charge < -0.3 is 15.5 Å². The van der Waals surface area contributed by atoms with Crippen LogP contribution in [0, 0.1) is 0 Å². The number of piperidine rings is 1. The van der Waals surface area contributed by atoms with Crippen molar-refractivity contribution in [3.63, 3.8) is 0 Å². The van der Waals surface area contributed by atoms with E-state index in [9.17, 15) is 4.79 Å². The molecular weight excluding hydrogens is 285 g/mol. The Morgan fingerprint density at radius 1 is 1.16 bits per heavy atom. The highest BCUT2D eigenvalue weighted by Gasteiger charge is 2.19. The normalized spacial score (nSPS) is 23.3. The predicted octanol–water partition coefficient (Wildman–Crippen LogP) is 1.57. The van der Waals surface area contributed by atoms with Gasteiger partial charge in [0, 0.05) is 6.54 Å². The fourth-order valence-electron chi connectivity index (χ4n) is 2.72. The molecule has 114 valence electrons. The van der Waals surface area contributed by atoms with Gasteiger partial charge in [0.05, 0.1) is 6.04 Å². The van der Waals surface area contributed by atoms with Crippen molar-refractivity contribution >= 4 is 30.7 Å². The second-order valence-corrected chi connectivity index (χ2v) is 5.20. The lowest BCUT2D eigenvalue weighted by molar-refractivity contribution is -0.123. The summed E-state index contributed by atoms with van der Waals surface area (Å²) in [6, 6.07) is 0.0653. The molecule has 1 unspecified atom stereocenters. The lowest BCUT2D eigenvalue weighted by Gasteiger charge is -2.22. The molecule has 19 heavy (non-hydrogen) atoms. The van der Waals surface area contributed by atoms with E-state index in [1.165, 1.54) is 38.8 Å². The van der Waals surface area contributed by atoms with Gasteiger partial charge in [-0.1, -0.05) is 6.42 Å². The molecule has 6 heteroatoms. The fraction of sp³-hybridized carbons (Fsp3) is 0.923. The minimum Gasteiger partial charge on any atom is -0.355 e. The lowest BCUT2D eigenvalue weighted by Crippen LogP contribution is -2.47. The van der Waals surface area contributed by atoms with Crippen molar-refractivity contribution in [1.82, 2.24) is 15.5 Å². The van der Waals surface area contributed by atoms with Crippen LogP contribution in [0.4, 0.5) is 0 Å². The first-order valence-electron chi connectivity index (χ1n) is 7.10. The van der Waals surface area contributed by atoms with Gasteiger partial charge in [0.1, 0.15) is 0 Å². The van der Waals surface area contributed by atoms with Gasteiger partial charge in [-0.15, -0.1) is 24.8 Å². The van der Waals surface area contributed by atoms with E-state index in [0.717, 1.165) is 32.5 Å². The fourth-order valence-corrected chi connectivity index (χ4v) is 2.72. The third kappa shape index (κ3) is 6.80. The van der Waals surface area contributed by atoms with Crippen LogP contribution in [-0.2, 0) is 4.79 Å². The molecule has 2 fully saturated rings. The summed E-state index contributed by atoms with van der Waals surface area (Å²) >= 11 is 0. The van der Waals surface area contributed by atoms with Gasteiger partial charge in [0.2, 0.25) is 5.91 Å². The number of halogens is 2. The van der Waals surface area contributed by atoms with Gasteiger partial charge in [0.25, 0.3) is 0 Å². The largest absolute Gasteiger partial charge is 0.355 e. The van der Waals surface area contributed by atoms with Crippen LogP contribution >= 0.6 is 24.8 Å². The van der Waals surface area contributed by atoms with Gasteiger partial charge in [-0.05, 0) is 58.3 Å². The Balaban J connectivity index is 0.00000162. The van der Waals surface area contributed by atoms with Crippen molar-refractivity contribution < 1.29 is 4.79 Å². The summed E-state index contributed by atoms with van der Waals surface area (Å²) in [5.41, 5.74) is 0. The summed E-state index contributed by atoms with van der Waals surface area (Å²) in [5.74, 6) is 0.200. The van der Waals surface area contributed by atoms with Crippen molar-refractivity contribution in [1.29, 1.82) is 0 Å². The lowest BCUT2D eigenvalue weighted by atomic mass is 10.0. The zero-order chi connectivity index (χ0) is 11.9. The van der Waals surface area contributed by atoms with E-state index >= 15 is 0 Å². The Labute approximate surface area is 128 Å². The number of nitrogens with one attached hydrogen (secondary N) is 2. The van der Waals surface area contributed by atoms with Crippen LogP contribution in [0.25, 0.3) is 0 Å². The number of rotatable bonds is 5. The Bertz CT molecular complexity index is 242. The minimum atomic E-state index is 0. The Kier molecular flexibility index (Phi) is 10.7. The average Bonchev–Trinajstić information content (AvgIpc) is 2.88. The highest BCUT2D eigenvalue weighted by atomic mass is 35.5. The van der Waals surface area contributed by atoms with Crippen LogP contribution in [0.2, 0.25) is 0 Å². The third-order valence-electron chi connectivity index (χ3n) is 3.78. The van der Waals surface area contributed by atoms with Crippen molar-refractivity contribution in [3.8, 4) is 0 Å². The summed E-state index contributed by atoms with van der Waals surface area (Å²) in [7, 11) is 0. The van der Waals surface area contributed by atoms with Crippen LogP contribution in [0.3, 0.4) is 0 Å². The topological polar surface area (TPSA) is 44.4 Å². The Morgan fingerprint density at radius 3 is 2.53 bits per heavy atom. The molecule has 2 aliphatic rings. The molecule has 0 aliphatic carbocycles. The minimum absolute atomic E-state index is 0. The molecule has 4 nitrogen and oxygen atoms in total. The summed E-state index contributed by atoms with van der Waals surface area (Å²) in [6.07, 6.45) is 7.16. The SMILES string of the molecule is Cl.Cl.O=C(NCCCN1CCCC1)C1CCCCN1. The maximum Gasteiger partial charge on any atom is 0.237 e. The first kappa shape index (κ1) is 19.0. The predicted molar refractivity (Wildman–Crippen MR) is 83.4 cm³/mol. The van der Waals surface area contributed by atoms with Gasteiger partial charge in [-0.3, -0.25) is 4.79 Å². The zero-order valence-corrected chi connectivity index (χ0v) is 13.2. The molecule has 2 aliphatic heterocycles. The maximum atomic E-state index is 11.8. The molecular formula is C13H27Cl2N3O. The second-order valence-electron chi connectivity index (χ2n) is 5.20. The van der Waals surface area contributed by atoms with Crippen LogP contribution in [0.15, 0.2) is 0 Å². The van der Waals surface area contributed by atoms with E-state index in [0.29, 0.717) is 0 Å². The molecule has 0 bridgehead atoms. The van der Waals surface area contributed by atoms with Crippen molar-refractivity contribution in [2.45, 2.75) is 44.6 Å². The smallest absolute Gasteiger partial charge is 0.237 e. The van der Waals surface area contributed by atoms with Gasteiger partial charge in [-0.25, -0.2) is 0 Å². The molecule has 1 amide bonds. The van der Waals surface area contributed by atoms with Crippen LogP contribution in [0.1, 0.15) is 38.5 Å². The van der Waals surface area contributed by atoms with E-state index in [2.05, 4.69) is 15.5 Å². The van der Waals surface area contributed by atoms with E-state index in [1.807, 2.05) is 0 Å². The average molecular weight is 312 g/mol. The van der Waals surface area contributed by atoms with Crippen LogP contribution in [-0.4, -0.2) is 49.6 Å². The zero-order valence-electron chi connectivity index (χ0n) is 11.5. The Hall–Kier alpha value is -0.0300. The number of likely N-dealkylation sites (tertiary alicyclic amines) is 1. The number of hydrogen-bond donors (Lipinski definition) is 2. The molecule has 2 rings (SSSR count). The monoisotopic (exact) mass is 311 g/mol. The second kappa shape index (κ2) is 10.7. The molecule has 0 spiro atoms. The van der Waals surface area contributed by atoms with Crippen LogP contribution < -0.4 is 10.6 Å². The standard InChI is InChI=1S/C13H25N3O.2ClH/c17-13(12-6-1-2-7-14-12)15-8-5-11-16-9-3-4-10-16;;/h12,14H,1-11H2,(H,15,17);2*1H. The van der Waals surface area contributed by atoms with E-state index < -0.39 is 0 Å². The molecule has 0 aromatic rings. The first-order chi connectivity index (χ1) is 8.36. The van der Waals surface area contributed by atoms with Gasteiger partial charge >= 0.3 is 0 Å². The van der Waals surface area contributed by atoms with Gasteiger partial charge in [0.15, 0.2) is 0 Å². The summed E-state index contributed by atoms with van der Waals surface area (Å²) in [4.78, 5) is 14.3. The quantitative estimate of drug-likeness (QED) is 0.758. The van der Waals surface area contributed by atoms with Crippen molar-refractivity contribution in [2.75, 3.05) is 32.7 Å². The van der Waals surface area contributed by atoms with Crippen molar-refractivity contribution in [2.24, 2.45) is 0 Å². The number of nitrogens with zero attached hydrogens (tertiary/aromatic N) is 1. The first-order valence-corrected chi connectivity index (χ1v) is 7.10. The Morgan fingerprint density at radius 2 is 1.89 bits per heavy atom. The molecule has 1 atom stereocenters. The molecule has 0 saturated carbocycles. The highest BCUT2D eigenvalue weighted by molar-refractivity contribution is 5.85. The maximum absolute atomic E-state index is 11.8. The number of amides is 1. The summed E-state index contributed by atoms with van der Waals surface area (Å²) in [5, 5.41) is 6.33. The number of carbonyl (C=O) groups excluding carboxylic acids is 1.